The van der Waals surface area contributed by atoms with E-state index in [1.807, 2.05) is 0 Å². The van der Waals surface area contributed by atoms with Crippen LogP contribution >= 0.6 is 0 Å². The molecule has 0 aromatic carbocycles. The number of nitrogens with zero attached hydrogens (tertiary/aromatic N) is 4. The molecular formula is C11H18N4O4S. The van der Waals surface area contributed by atoms with Crippen LogP contribution in [0, 0.1) is 6.92 Å². The van der Waals surface area contributed by atoms with Crippen molar-refractivity contribution in [1.29, 1.82) is 0 Å². The molecule has 1 aromatic heterocycles. The third kappa shape index (κ3) is 3.00. The van der Waals surface area contributed by atoms with Crippen molar-refractivity contribution < 1.29 is 18.3 Å². The van der Waals surface area contributed by atoms with E-state index >= 15 is 0 Å². The molecule has 20 heavy (non-hydrogen) atoms. The monoisotopic (exact) mass is 302 g/mol. The van der Waals surface area contributed by atoms with Gasteiger partial charge in [0.25, 0.3) is 10.0 Å². The summed E-state index contributed by atoms with van der Waals surface area (Å²) in [5.41, 5.74) is 0. The largest absolute Gasteiger partial charge is 0.480 e. The first-order valence-electron chi connectivity index (χ1n) is 6.25. The molecule has 8 nitrogen and oxygen atoms in total. The Labute approximate surface area is 117 Å². The minimum atomic E-state index is -3.59. The van der Waals surface area contributed by atoms with Crippen LogP contribution in [0.4, 0.5) is 0 Å². The van der Waals surface area contributed by atoms with Crippen LogP contribution in [0.5, 0.6) is 0 Å². The number of sulfonamides is 1. The van der Waals surface area contributed by atoms with Crippen LogP contribution in [0.1, 0.15) is 5.82 Å². The van der Waals surface area contributed by atoms with Gasteiger partial charge in [0.2, 0.25) is 0 Å². The Morgan fingerprint density at radius 1 is 1.35 bits per heavy atom. The van der Waals surface area contributed by atoms with Crippen molar-refractivity contribution >= 4 is 16.0 Å². The molecule has 1 N–H and O–H groups in total. The summed E-state index contributed by atoms with van der Waals surface area (Å²) in [7, 11) is -1.85. The van der Waals surface area contributed by atoms with Gasteiger partial charge in [-0.15, -0.1) is 0 Å². The summed E-state index contributed by atoms with van der Waals surface area (Å²) in [6, 6.07) is 0. The number of aryl methyl sites for hydroxylation is 2. The van der Waals surface area contributed by atoms with Gasteiger partial charge in [-0.2, -0.15) is 4.31 Å². The van der Waals surface area contributed by atoms with Crippen LogP contribution in [-0.2, 0) is 21.9 Å². The third-order valence-corrected chi connectivity index (χ3v) is 5.15. The van der Waals surface area contributed by atoms with Crippen molar-refractivity contribution in [2.45, 2.75) is 11.9 Å². The number of hydrogen-bond acceptors (Lipinski definition) is 5. The van der Waals surface area contributed by atoms with Crippen molar-refractivity contribution in [2.75, 3.05) is 32.7 Å². The Bertz CT molecular complexity index is 582. The van der Waals surface area contributed by atoms with Crippen LogP contribution in [-0.4, -0.2) is 71.0 Å². The number of rotatable bonds is 4. The quantitative estimate of drug-likeness (QED) is 0.776. The fraction of sp³-hybridized carbons (Fsp3) is 0.636. The molecule has 1 fully saturated rings. The van der Waals surface area contributed by atoms with Crippen LogP contribution < -0.4 is 0 Å². The smallest absolute Gasteiger partial charge is 0.317 e. The molecule has 0 saturated carbocycles. The molecule has 9 heteroatoms. The Kier molecular flexibility index (Phi) is 4.11. The van der Waals surface area contributed by atoms with Crippen LogP contribution in [0.2, 0.25) is 0 Å². The lowest BCUT2D eigenvalue weighted by Gasteiger charge is -2.32. The van der Waals surface area contributed by atoms with E-state index in [0.717, 1.165) is 0 Å². The molecule has 1 aromatic rings. The summed E-state index contributed by atoms with van der Waals surface area (Å²) in [6.07, 6.45) is 1.49. The van der Waals surface area contributed by atoms with Gasteiger partial charge in [0.15, 0.2) is 5.03 Å². The van der Waals surface area contributed by atoms with Gasteiger partial charge in [-0.3, -0.25) is 9.69 Å². The minimum absolute atomic E-state index is 0.0455. The predicted molar refractivity (Wildman–Crippen MR) is 70.8 cm³/mol. The van der Waals surface area contributed by atoms with E-state index in [2.05, 4.69) is 4.98 Å². The topological polar surface area (TPSA) is 95.7 Å². The average molecular weight is 302 g/mol. The molecule has 1 aliphatic rings. The van der Waals surface area contributed by atoms with Gasteiger partial charge in [0, 0.05) is 39.4 Å². The fourth-order valence-corrected chi connectivity index (χ4v) is 3.55. The van der Waals surface area contributed by atoms with Gasteiger partial charge < -0.3 is 9.67 Å². The van der Waals surface area contributed by atoms with Gasteiger partial charge in [0.1, 0.15) is 5.82 Å². The summed E-state index contributed by atoms with van der Waals surface area (Å²) in [5, 5.41) is 8.76. The van der Waals surface area contributed by atoms with E-state index in [1.165, 1.54) is 10.5 Å². The number of piperazine rings is 1. The van der Waals surface area contributed by atoms with Crippen LogP contribution in [0.15, 0.2) is 11.2 Å². The first kappa shape index (κ1) is 14.9. The highest BCUT2D eigenvalue weighted by Gasteiger charge is 2.30. The van der Waals surface area contributed by atoms with E-state index in [4.69, 9.17) is 5.11 Å². The number of imidazole rings is 1. The summed E-state index contributed by atoms with van der Waals surface area (Å²) >= 11 is 0. The maximum absolute atomic E-state index is 12.4. The Morgan fingerprint density at radius 3 is 2.40 bits per heavy atom. The Balaban J connectivity index is 2.07. The minimum Gasteiger partial charge on any atom is -0.480 e. The molecule has 0 radical (unpaired) electrons. The number of hydrogen-bond donors (Lipinski definition) is 1. The zero-order valence-corrected chi connectivity index (χ0v) is 12.3. The summed E-state index contributed by atoms with van der Waals surface area (Å²) in [5.74, 6) is -0.269. The second kappa shape index (κ2) is 5.51. The maximum atomic E-state index is 12.4. The predicted octanol–water partition coefficient (Wildman–Crippen LogP) is -0.881. The van der Waals surface area contributed by atoms with E-state index in [1.54, 1.807) is 23.4 Å². The highest BCUT2D eigenvalue weighted by Crippen LogP contribution is 2.16. The van der Waals surface area contributed by atoms with E-state index < -0.39 is 16.0 Å². The highest BCUT2D eigenvalue weighted by molar-refractivity contribution is 7.89. The molecule has 0 atom stereocenters. The van der Waals surface area contributed by atoms with Crippen molar-refractivity contribution in [3.8, 4) is 0 Å². The highest BCUT2D eigenvalue weighted by atomic mass is 32.2. The first-order chi connectivity index (χ1) is 9.30. The molecule has 0 spiro atoms. The molecule has 1 aliphatic heterocycles. The van der Waals surface area contributed by atoms with Crippen molar-refractivity contribution in [3.63, 3.8) is 0 Å². The molecular weight excluding hydrogens is 284 g/mol. The number of aromatic nitrogens is 2. The Morgan fingerprint density at radius 2 is 1.95 bits per heavy atom. The molecule has 0 amide bonds. The molecule has 112 valence electrons. The zero-order valence-electron chi connectivity index (χ0n) is 11.5. The van der Waals surface area contributed by atoms with E-state index in [-0.39, 0.29) is 24.7 Å². The normalized spacial score (nSPS) is 18.3. The molecule has 0 aliphatic carbocycles. The second-order valence-corrected chi connectivity index (χ2v) is 6.70. The maximum Gasteiger partial charge on any atom is 0.317 e. The number of aliphatic carboxylic acids is 1. The van der Waals surface area contributed by atoms with Gasteiger partial charge in [-0.05, 0) is 6.92 Å². The summed E-state index contributed by atoms with van der Waals surface area (Å²) < 4.78 is 27.8. The fourth-order valence-electron chi connectivity index (χ4n) is 2.10. The first-order valence-corrected chi connectivity index (χ1v) is 7.69. The molecule has 2 heterocycles. The standard InChI is InChI=1S/C11H18N4O4S/c1-9-12-10(7-13(9)2)20(18,19)15-5-3-14(4-6-15)8-11(16)17/h7H,3-6,8H2,1-2H3,(H,16,17). The average Bonchev–Trinajstić information content (AvgIpc) is 2.70. The van der Waals surface area contributed by atoms with Gasteiger partial charge in [-0.25, -0.2) is 13.4 Å². The number of carboxylic acids is 1. The number of carboxylic acid groups (broad SMARTS) is 1. The van der Waals surface area contributed by atoms with Crippen molar-refractivity contribution in [2.24, 2.45) is 7.05 Å². The summed E-state index contributed by atoms with van der Waals surface area (Å²) in [4.78, 5) is 16.4. The molecule has 1 saturated heterocycles. The lowest BCUT2D eigenvalue weighted by Crippen LogP contribution is -2.49. The molecule has 0 unspecified atom stereocenters. The van der Waals surface area contributed by atoms with Crippen molar-refractivity contribution in [3.05, 3.63) is 12.0 Å². The lowest BCUT2D eigenvalue weighted by molar-refractivity contribution is -0.138. The zero-order chi connectivity index (χ0) is 14.9. The Hall–Kier alpha value is -1.45. The SMILES string of the molecule is Cc1nc(S(=O)(=O)N2CCN(CC(=O)O)CC2)cn1C. The number of carbonyl (C=O) groups is 1. The van der Waals surface area contributed by atoms with Crippen LogP contribution in [0.25, 0.3) is 0 Å². The van der Waals surface area contributed by atoms with Crippen LogP contribution in [0.3, 0.4) is 0 Å². The molecule has 0 bridgehead atoms. The molecule has 2 rings (SSSR count). The lowest BCUT2D eigenvalue weighted by atomic mass is 10.3. The van der Waals surface area contributed by atoms with Gasteiger partial charge >= 0.3 is 5.97 Å². The third-order valence-electron chi connectivity index (χ3n) is 3.38. The van der Waals surface area contributed by atoms with Gasteiger partial charge in [-0.1, -0.05) is 0 Å². The van der Waals surface area contributed by atoms with Crippen molar-refractivity contribution in [1.82, 2.24) is 18.8 Å². The van der Waals surface area contributed by atoms with E-state index in [9.17, 15) is 13.2 Å². The van der Waals surface area contributed by atoms with Gasteiger partial charge in [0.05, 0.1) is 6.54 Å². The second-order valence-electron chi connectivity index (χ2n) is 4.81. The summed E-state index contributed by atoms with van der Waals surface area (Å²) in [6.45, 7) is 3.07. The van der Waals surface area contributed by atoms with E-state index in [0.29, 0.717) is 18.9 Å².